The summed E-state index contributed by atoms with van der Waals surface area (Å²) in [4.78, 5) is 2.45. The third kappa shape index (κ3) is 4.22. The molecule has 2 aliphatic rings. The highest BCUT2D eigenvalue weighted by atomic mass is 15.1. The number of hydrogen-bond acceptors (Lipinski definition) is 3. The minimum absolute atomic E-state index is 0.649. The van der Waals surface area contributed by atoms with Crippen molar-refractivity contribution < 1.29 is 0 Å². The SMILES string of the molecule is CC(CC1CCCCN1)NC1CCN(C)CC1C. The molecular formula is C15H31N3. The fraction of sp³-hybridized carbons (Fsp3) is 1.00. The van der Waals surface area contributed by atoms with Crippen molar-refractivity contribution in [1.82, 2.24) is 15.5 Å². The van der Waals surface area contributed by atoms with Crippen molar-refractivity contribution in [3.63, 3.8) is 0 Å². The summed E-state index contributed by atoms with van der Waals surface area (Å²) in [6, 6.07) is 2.12. The second-order valence-corrected chi connectivity index (χ2v) is 6.58. The standard InChI is InChI=1S/C15H31N3/c1-12-11-18(3)9-7-15(12)17-13(2)10-14-6-4-5-8-16-14/h12-17H,4-11H2,1-3H3. The monoisotopic (exact) mass is 253 g/mol. The minimum Gasteiger partial charge on any atom is -0.314 e. The van der Waals surface area contributed by atoms with Gasteiger partial charge in [0.2, 0.25) is 0 Å². The first-order valence-corrected chi connectivity index (χ1v) is 7.83. The van der Waals surface area contributed by atoms with Gasteiger partial charge >= 0.3 is 0 Å². The smallest absolute Gasteiger partial charge is 0.0119 e. The van der Waals surface area contributed by atoms with Crippen LogP contribution in [0.1, 0.15) is 46.0 Å². The molecule has 0 radical (unpaired) electrons. The second kappa shape index (κ2) is 6.88. The van der Waals surface area contributed by atoms with Crippen molar-refractivity contribution in [2.75, 3.05) is 26.7 Å². The van der Waals surface area contributed by atoms with Gasteiger partial charge in [0.25, 0.3) is 0 Å². The summed E-state index contributed by atoms with van der Waals surface area (Å²) in [6.45, 7) is 8.46. The van der Waals surface area contributed by atoms with E-state index in [0.29, 0.717) is 6.04 Å². The normalized spacial score (nSPS) is 36.5. The Morgan fingerprint density at radius 2 is 2.17 bits per heavy atom. The first-order chi connectivity index (χ1) is 8.65. The van der Waals surface area contributed by atoms with Crippen LogP contribution in [-0.4, -0.2) is 49.7 Å². The highest BCUT2D eigenvalue weighted by molar-refractivity contribution is 4.85. The number of hydrogen-bond donors (Lipinski definition) is 2. The first kappa shape index (κ1) is 14.3. The summed E-state index contributed by atoms with van der Waals surface area (Å²) in [7, 11) is 2.24. The zero-order chi connectivity index (χ0) is 13.0. The van der Waals surface area contributed by atoms with Crippen LogP contribution in [0.2, 0.25) is 0 Å². The molecule has 2 aliphatic heterocycles. The van der Waals surface area contributed by atoms with Gasteiger partial charge in [-0.05, 0) is 58.7 Å². The van der Waals surface area contributed by atoms with Gasteiger partial charge in [0.05, 0.1) is 0 Å². The Hall–Kier alpha value is -0.120. The second-order valence-electron chi connectivity index (χ2n) is 6.58. The predicted molar refractivity (Wildman–Crippen MR) is 77.9 cm³/mol. The molecule has 3 nitrogen and oxygen atoms in total. The summed E-state index contributed by atoms with van der Waals surface area (Å²) in [5.41, 5.74) is 0. The molecule has 4 unspecified atom stereocenters. The third-order valence-electron chi connectivity index (χ3n) is 4.66. The van der Waals surface area contributed by atoms with Gasteiger partial charge < -0.3 is 15.5 Å². The zero-order valence-electron chi connectivity index (χ0n) is 12.4. The third-order valence-corrected chi connectivity index (χ3v) is 4.66. The molecule has 2 saturated heterocycles. The van der Waals surface area contributed by atoms with Crippen LogP contribution in [0.3, 0.4) is 0 Å². The zero-order valence-corrected chi connectivity index (χ0v) is 12.4. The lowest BCUT2D eigenvalue weighted by atomic mass is 9.92. The van der Waals surface area contributed by atoms with Crippen LogP contribution in [0.25, 0.3) is 0 Å². The number of nitrogens with one attached hydrogen (secondary N) is 2. The van der Waals surface area contributed by atoms with E-state index in [4.69, 9.17) is 0 Å². The molecule has 3 heteroatoms. The molecule has 2 N–H and O–H groups in total. The van der Waals surface area contributed by atoms with Crippen LogP contribution >= 0.6 is 0 Å². The maximum absolute atomic E-state index is 3.87. The fourth-order valence-corrected chi connectivity index (χ4v) is 3.59. The lowest BCUT2D eigenvalue weighted by molar-refractivity contribution is 0.163. The van der Waals surface area contributed by atoms with Crippen molar-refractivity contribution in [3.8, 4) is 0 Å². The fourth-order valence-electron chi connectivity index (χ4n) is 3.59. The molecular weight excluding hydrogens is 222 g/mol. The van der Waals surface area contributed by atoms with Gasteiger partial charge in [-0.1, -0.05) is 13.3 Å². The molecule has 2 fully saturated rings. The average Bonchev–Trinajstić information content (AvgIpc) is 2.34. The van der Waals surface area contributed by atoms with E-state index in [1.54, 1.807) is 0 Å². The molecule has 0 amide bonds. The van der Waals surface area contributed by atoms with Crippen LogP contribution in [-0.2, 0) is 0 Å². The van der Waals surface area contributed by atoms with Gasteiger partial charge in [-0.25, -0.2) is 0 Å². The number of nitrogens with zero attached hydrogens (tertiary/aromatic N) is 1. The summed E-state index contributed by atoms with van der Waals surface area (Å²) in [5.74, 6) is 0.783. The van der Waals surface area contributed by atoms with Crippen LogP contribution in [0.15, 0.2) is 0 Å². The first-order valence-electron chi connectivity index (χ1n) is 7.83. The summed E-state index contributed by atoms with van der Waals surface area (Å²) < 4.78 is 0. The van der Waals surface area contributed by atoms with E-state index in [9.17, 15) is 0 Å². The molecule has 2 heterocycles. The maximum atomic E-state index is 3.87. The van der Waals surface area contributed by atoms with E-state index in [-0.39, 0.29) is 0 Å². The maximum Gasteiger partial charge on any atom is 0.0119 e. The number of likely N-dealkylation sites (tertiary alicyclic amines) is 1. The van der Waals surface area contributed by atoms with E-state index >= 15 is 0 Å². The Labute approximate surface area is 113 Å². The van der Waals surface area contributed by atoms with Crippen LogP contribution in [0, 0.1) is 5.92 Å². The molecule has 0 bridgehead atoms. The van der Waals surface area contributed by atoms with Gasteiger partial charge in [-0.3, -0.25) is 0 Å². The Morgan fingerprint density at radius 3 is 2.83 bits per heavy atom. The molecule has 0 saturated carbocycles. The molecule has 0 aliphatic carbocycles. The van der Waals surface area contributed by atoms with E-state index in [2.05, 4.69) is 36.4 Å². The average molecular weight is 253 g/mol. The quantitative estimate of drug-likeness (QED) is 0.800. The Kier molecular flexibility index (Phi) is 5.46. The topological polar surface area (TPSA) is 27.3 Å². The minimum atomic E-state index is 0.649. The van der Waals surface area contributed by atoms with E-state index in [1.807, 2.05) is 0 Å². The van der Waals surface area contributed by atoms with Crippen LogP contribution in [0.5, 0.6) is 0 Å². The molecule has 0 aromatic carbocycles. The van der Waals surface area contributed by atoms with Gasteiger partial charge in [0.1, 0.15) is 0 Å². The molecule has 2 rings (SSSR count). The molecule has 4 atom stereocenters. The summed E-state index contributed by atoms with van der Waals surface area (Å²) in [6.07, 6.45) is 6.74. The van der Waals surface area contributed by atoms with Gasteiger partial charge in [-0.2, -0.15) is 0 Å². The van der Waals surface area contributed by atoms with Crippen molar-refractivity contribution >= 4 is 0 Å². The van der Waals surface area contributed by atoms with Crippen molar-refractivity contribution in [2.24, 2.45) is 5.92 Å². The largest absolute Gasteiger partial charge is 0.314 e. The van der Waals surface area contributed by atoms with Crippen molar-refractivity contribution in [2.45, 2.75) is 64.1 Å². The molecule has 0 aromatic rings. The summed E-state index contributed by atoms with van der Waals surface area (Å²) >= 11 is 0. The summed E-state index contributed by atoms with van der Waals surface area (Å²) in [5, 5.41) is 7.53. The van der Waals surface area contributed by atoms with Gasteiger partial charge in [0.15, 0.2) is 0 Å². The highest BCUT2D eigenvalue weighted by Crippen LogP contribution is 2.18. The van der Waals surface area contributed by atoms with Crippen molar-refractivity contribution in [1.29, 1.82) is 0 Å². The Morgan fingerprint density at radius 1 is 1.33 bits per heavy atom. The predicted octanol–water partition coefficient (Wildman–Crippen LogP) is 1.84. The van der Waals surface area contributed by atoms with E-state index in [1.165, 1.54) is 51.7 Å². The molecule has 106 valence electrons. The van der Waals surface area contributed by atoms with Gasteiger partial charge in [0, 0.05) is 24.7 Å². The number of rotatable bonds is 4. The van der Waals surface area contributed by atoms with Crippen LogP contribution < -0.4 is 10.6 Å². The molecule has 18 heavy (non-hydrogen) atoms. The van der Waals surface area contributed by atoms with Crippen molar-refractivity contribution in [3.05, 3.63) is 0 Å². The van der Waals surface area contributed by atoms with E-state index in [0.717, 1.165) is 18.0 Å². The van der Waals surface area contributed by atoms with E-state index < -0.39 is 0 Å². The molecule has 0 aromatic heterocycles. The lowest BCUT2D eigenvalue weighted by Crippen LogP contribution is -2.51. The Bertz CT molecular complexity index is 238. The Balaban J connectivity index is 1.71. The lowest BCUT2D eigenvalue weighted by Gasteiger charge is -2.37. The van der Waals surface area contributed by atoms with Gasteiger partial charge in [-0.15, -0.1) is 0 Å². The number of piperidine rings is 2. The molecule has 0 spiro atoms. The highest BCUT2D eigenvalue weighted by Gasteiger charge is 2.26. The van der Waals surface area contributed by atoms with Crippen LogP contribution in [0.4, 0.5) is 0 Å².